The number of likely N-dealkylation sites (N-methyl/N-ethyl adjacent to an activating group) is 1. The first kappa shape index (κ1) is 20.8. The number of nitrogens with one attached hydrogen (secondary N) is 1. The highest BCUT2D eigenvalue weighted by atomic mass is 16.2. The second kappa shape index (κ2) is 8.73. The zero-order valence-corrected chi connectivity index (χ0v) is 18.1. The lowest BCUT2D eigenvalue weighted by Crippen LogP contribution is -2.52. The highest BCUT2D eigenvalue weighted by Crippen LogP contribution is 2.40. The number of aromatic nitrogens is 3. The average molecular weight is 413 g/mol. The van der Waals surface area contributed by atoms with Gasteiger partial charge in [0.2, 0.25) is 5.91 Å². The number of amides is 1. The van der Waals surface area contributed by atoms with Crippen LogP contribution in [0, 0.1) is 12.8 Å². The number of carbonyl (C=O) groups excluding carboxylic acids is 1. The van der Waals surface area contributed by atoms with Crippen molar-refractivity contribution in [2.45, 2.75) is 31.8 Å². The van der Waals surface area contributed by atoms with E-state index in [9.17, 15) is 9.59 Å². The highest BCUT2D eigenvalue weighted by molar-refractivity contribution is 5.77. The van der Waals surface area contributed by atoms with E-state index in [0.29, 0.717) is 24.9 Å². The van der Waals surface area contributed by atoms with Crippen LogP contribution in [0.25, 0.3) is 0 Å². The van der Waals surface area contributed by atoms with Crippen molar-refractivity contribution in [3.63, 3.8) is 0 Å². The molecule has 4 heterocycles. The number of rotatable bonds is 7. The molecule has 1 N–H and O–H groups in total. The van der Waals surface area contributed by atoms with Gasteiger partial charge in [0, 0.05) is 50.1 Å². The van der Waals surface area contributed by atoms with E-state index in [-0.39, 0.29) is 17.5 Å². The van der Waals surface area contributed by atoms with Crippen molar-refractivity contribution >= 4 is 5.91 Å². The third-order valence-corrected chi connectivity index (χ3v) is 6.26. The monoisotopic (exact) mass is 412 g/mol. The Morgan fingerprint density at radius 1 is 1.23 bits per heavy atom. The van der Waals surface area contributed by atoms with Gasteiger partial charge in [-0.05, 0) is 45.5 Å². The minimum Gasteiger partial charge on any atom is -0.353 e. The minimum absolute atomic E-state index is 0.00521. The van der Waals surface area contributed by atoms with Crippen LogP contribution in [0.3, 0.4) is 0 Å². The largest absolute Gasteiger partial charge is 0.353 e. The third-order valence-electron chi connectivity index (χ3n) is 6.26. The first-order chi connectivity index (χ1) is 14.4. The van der Waals surface area contributed by atoms with Crippen molar-refractivity contribution < 1.29 is 4.79 Å². The van der Waals surface area contributed by atoms with Gasteiger partial charge in [0.1, 0.15) is 0 Å². The van der Waals surface area contributed by atoms with Crippen molar-refractivity contribution in [3.8, 4) is 0 Å². The van der Waals surface area contributed by atoms with Crippen molar-refractivity contribution in [2.24, 2.45) is 5.92 Å². The normalized spacial score (nSPS) is 23.4. The molecule has 0 spiro atoms. The van der Waals surface area contributed by atoms with Crippen LogP contribution >= 0.6 is 0 Å². The lowest BCUT2D eigenvalue weighted by Gasteiger charge is -2.47. The third kappa shape index (κ3) is 4.49. The summed E-state index contributed by atoms with van der Waals surface area (Å²) in [5, 5.41) is 7.55. The predicted octanol–water partition coefficient (Wildman–Crippen LogP) is 0.691. The maximum Gasteiger partial charge on any atom is 0.251 e. The van der Waals surface area contributed by atoms with Gasteiger partial charge in [-0.15, -0.1) is 0 Å². The Labute approximate surface area is 177 Å². The molecule has 8 nitrogen and oxygen atoms in total. The Bertz CT molecular complexity index is 949. The van der Waals surface area contributed by atoms with Crippen LogP contribution in [0.4, 0.5) is 0 Å². The van der Waals surface area contributed by atoms with Gasteiger partial charge < -0.3 is 19.7 Å². The molecule has 3 atom stereocenters. The van der Waals surface area contributed by atoms with E-state index in [1.807, 2.05) is 53.5 Å². The second-order valence-corrected chi connectivity index (χ2v) is 8.94. The molecule has 4 rings (SSSR count). The Balaban J connectivity index is 1.51. The van der Waals surface area contributed by atoms with Gasteiger partial charge in [-0.1, -0.05) is 6.07 Å². The molecule has 0 unspecified atom stereocenters. The minimum atomic E-state index is -0.00851. The fourth-order valence-electron chi connectivity index (χ4n) is 4.97. The van der Waals surface area contributed by atoms with E-state index in [4.69, 9.17) is 0 Å². The molecular weight excluding hydrogens is 380 g/mol. The summed E-state index contributed by atoms with van der Waals surface area (Å²) in [6.45, 7) is 6.54. The van der Waals surface area contributed by atoms with E-state index in [2.05, 4.69) is 21.4 Å². The van der Waals surface area contributed by atoms with E-state index >= 15 is 0 Å². The summed E-state index contributed by atoms with van der Waals surface area (Å²) in [7, 11) is 3.76. The SMILES string of the molecule is Cc1ccn(CCN2C[C@H]3C[C@@H](C2)[C@H](CNC(=O)CN(C)C)n2c3cccc2=O)n1. The number of nitrogens with zero attached hydrogens (tertiary/aromatic N) is 5. The Hall–Kier alpha value is -2.45. The molecule has 2 bridgehead atoms. The van der Waals surface area contributed by atoms with Gasteiger partial charge in [-0.2, -0.15) is 5.10 Å². The van der Waals surface area contributed by atoms with Crippen LogP contribution < -0.4 is 10.9 Å². The molecular formula is C22H32N6O2. The number of piperidine rings is 1. The van der Waals surface area contributed by atoms with E-state index in [0.717, 1.165) is 44.0 Å². The molecule has 2 aliphatic rings. The summed E-state index contributed by atoms with van der Waals surface area (Å²) in [5.74, 6) is 0.690. The van der Waals surface area contributed by atoms with Gasteiger partial charge in [0.25, 0.3) is 5.56 Å². The molecule has 8 heteroatoms. The molecule has 1 amide bonds. The predicted molar refractivity (Wildman–Crippen MR) is 116 cm³/mol. The molecule has 30 heavy (non-hydrogen) atoms. The van der Waals surface area contributed by atoms with Gasteiger partial charge in [0.15, 0.2) is 0 Å². The molecule has 2 aromatic rings. The number of hydrogen-bond acceptors (Lipinski definition) is 5. The van der Waals surface area contributed by atoms with Gasteiger partial charge >= 0.3 is 0 Å². The van der Waals surface area contributed by atoms with Crippen LogP contribution in [-0.4, -0.2) is 76.9 Å². The maximum absolute atomic E-state index is 12.7. The summed E-state index contributed by atoms with van der Waals surface area (Å²) < 4.78 is 3.94. The number of pyridine rings is 1. The summed E-state index contributed by atoms with van der Waals surface area (Å²) >= 11 is 0. The van der Waals surface area contributed by atoms with E-state index in [1.165, 1.54) is 0 Å². The van der Waals surface area contributed by atoms with Crippen molar-refractivity contribution in [2.75, 3.05) is 46.8 Å². The average Bonchev–Trinajstić information content (AvgIpc) is 3.11. The summed E-state index contributed by atoms with van der Waals surface area (Å²) in [6, 6.07) is 7.60. The Kier molecular flexibility index (Phi) is 6.06. The molecule has 0 saturated carbocycles. The van der Waals surface area contributed by atoms with Crippen LogP contribution in [0.5, 0.6) is 0 Å². The number of fused-ring (bicyclic) bond motifs is 4. The molecule has 0 aliphatic carbocycles. The molecule has 1 saturated heterocycles. The molecule has 162 valence electrons. The molecule has 0 aromatic carbocycles. The van der Waals surface area contributed by atoms with Gasteiger partial charge in [-0.3, -0.25) is 14.3 Å². The van der Waals surface area contributed by atoms with Crippen molar-refractivity contribution in [3.05, 3.63) is 52.2 Å². The standard InChI is InChI=1S/C22H32N6O2/c1-16-7-8-27(24-16)10-9-26-13-17-11-18(14-26)20(12-23-21(29)15-25(2)3)28-19(17)5-4-6-22(28)30/h4-8,17-18,20H,9-15H2,1-3H3,(H,23,29)/t17-,18+,20+/m1/s1. The highest BCUT2D eigenvalue weighted by Gasteiger charge is 2.40. The molecule has 1 fully saturated rings. The molecule has 2 aromatic heterocycles. The quantitative estimate of drug-likeness (QED) is 0.724. The number of aryl methyl sites for hydroxylation is 1. The fraction of sp³-hybridized carbons (Fsp3) is 0.591. The van der Waals surface area contributed by atoms with Crippen LogP contribution in [0.15, 0.2) is 35.3 Å². The Morgan fingerprint density at radius 3 is 2.80 bits per heavy atom. The first-order valence-electron chi connectivity index (χ1n) is 10.8. The van der Waals surface area contributed by atoms with Crippen molar-refractivity contribution in [1.29, 1.82) is 0 Å². The molecule has 2 aliphatic heterocycles. The molecule has 0 radical (unpaired) electrons. The summed E-state index contributed by atoms with van der Waals surface area (Å²) in [4.78, 5) is 29.3. The van der Waals surface area contributed by atoms with Crippen LogP contribution in [0.1, 0.15) is 29.8 Å². The van der Waals surface area contributed by atoms with Crippen LogP contribution in [0.2, 0.25) is 0 Å². The zero-order valence-electron chi connectivity index (χ0n) is 18.1. The van der Waals surface area contributed by atoms with Crippen LogP contribution in [-0.2, 0) is 11.3 Å². The topological polar surface area (TPSA) is 75.4 Å². The van der Waals surface area contributed by atoms with Gasteiger partial charge in [0.05, 0.1) is 24.8 Å². The zero-order chi connectivity index (χ0) is 21.3. The number of carbonyl (C=O) groups is 1. The summed E-state index contributed by atoms with van der Waals surface area (Å²) in [5.41, 5.74) is 2.17. The van der Waals surface area contributed by atoms with Crippen molar-refractivity contribution in [1.82, 2.24) is 29.5 Å². The Morgan fingerprint density at radius 2 is 2.07 bits per heavy atom. The van der Waals surface area contributed by atoms with Gasteiger partial charge in [-0.25, -0.2) is 0 Å². The fourth-order valence-corrected chi connectivity index (χ4v) is 4.97. The second-order valence-electron chi connectivity index (χ2n) is 8.94. The lowest BCUT2D eigenvalue weighted by molar-refractivity contribution is -0.122. The lowest BCUT2D eigenvalue weighted by atomic mass is 9.78. The van der Waals surface area contributed by atoms with E-state index < -0.39 is 0 Å². The van der Waals surface area contributed by atoms with E-state index in [1.54, 1.807) is 6.07 Å². The smallest absolute Gasteiger partial charge is 0.251 e. The first-order valence-corrected chi connectivity index (χ1v) is 10.8. The number of likely N-dealkylation sites (tertiary alicyclic amines) is 1. The summed E-state index contributed by atoms with van der Waals surface area (Å²) in [6.07, 6.45) is 3.09. The number of hydrogen-bond donors (Lipinski definition) is 1. The maximum atomic E-state index is 12.7.